The molecular weight excluding hydrogens is 783 g/mol. The van der Waals surface area contributed by atoms with Crippen molar-refractivity contribution in [3.05, 3.63) is 27.4 Å². The van der Waals surface area contributed by atoms with Crippen molar-refractivity contribution in [1.29, 1.82) is 0 Å². The van der Waals surface area contributed by atoms with Crippen molar-refractivity contribution in [3.63, 3.8) is 0 Å². The second-order valence-electron chi connectivity index (χ2n) is 6.63. The van der Waals surface area contributed by atoms with Crippen LogP contribution in [-0.4, -0.2) is 100 Å². The molecule has 0 heterocycles. The van der Waals surface area contributed by atoms with E-state index >= 15 is 0 Å². The van der Waals surface area contributed by atoms with E-state index in [1.54, 1.807) is 22.6 Å². The van der Waals surface area contributed by atoms with E-state index in [0.717, 1.165) is 0 Å². The van der Waals surface area contributed by atoms with Gasteiger partial charge < -0.3 is 36.6 Å². The Labute approximate surface area is 230 Å². The number of primary amides is 1. The van der Waals surface area contributed by atoms with Crippen LogP contribution in [0, 0.1) is 10.7 Å². The highest BCUT2D eigenvalue weighted by Crippen LogP contribution is 2.33. The van der Waals surface area contributed by atoms with E-state index < -0.39 is 56.3 Å². The predicted molar refractivity (Wildman–Crippen MR) is 140 cm³/mol. The molecule has 1 rings (SSSR count). The van der Waals surface area contributed by atoms with Gasteiger partial charge in [0.25, 0.3) is 11.8 Å². The van der Waals surface area contributed by atoms with Gasteiger partial charge in [-0.2, -0.15) is 0 Å². The number of benzene rings is 1. The molecule has 1 aromatic carbocycles. The predicted octanol–water partition coefficient (Wildman–Crippen LogP) is -1.67. The summed E-state index contributed by atoms with van der Waals surface area (Å²) in [7, 11) is 0. The number of nitrogens with zero attached hydrogens (tertiary/aromatic N) is 1. The molecule has 1 aromatic rings. The van der Waals surface area contributed by atoms with Crippen molar-refractivity contribution >= 4 is 85.5 Å². The molecule has 3 amide bonds. The molecule has 33 heavy (non-hydrogen) atoms. The number of halogens is 3. The minimum atomic E-state index is -1.37. The third-order valence-corrected chi connectivity index (χ3v) is 7.56. The van der Waals surface area contributed by atoms with Crippen LogP contribution in [0.4, 0.5) is 0 Å². The summed E-state index contributed by atoms with van der Waals surface area (Å²) >= 11 is 5.62. The molecule has 0 spiro atoms. The van der Waals surface area contributed by atoms with Gasteiger partial charge in [-0.1, -0.05) is 0 Å². The quantitative estimate of drug-likeness (QED) is 0.0900. The van der Waals surface area contributed by atoms with E-state index in [9.17, 15) is 29.7 Å². The number of hydrogen-bond acceptors (Lipinski definition) is 9. The highest BCUT2D eigenvalue weighted by molar-refractivity contribution is 14.1. The first kappa shape index (κ1) is 30.6. The Morgan fingerprint density at radius 1 is 0.970 bits per heavy atom. The number of amides is 3. The second-order valence-corrected chi connectivity index (χ2v) is 9.87. The number of nitrogens with one attached hydrogen (secondary N) is 1. The molecule has 0 aliphatic rings. The standard InChI is InChI=1S/C18H24I3N3O9/c19-14-10(1-2-25)15(20)13(16(21)12(14)17(31)23-3-8(28)5-26)18(32)24(4-9(29)6-27)33-7-11(22)30/h8-9,25-29H,1-7H2,(H2,22,30)(H,23,31). The van der Waals surface area contributed by atoms with Crippen LogP contribution < -0.4 is 11.1 Å². The van der Waals surface area contributed by atoms with E-state index in [2.05, 4.69) is 5.32 Å². The Hall–Kier alpha value is -0.420. The van der Waals surface area contributed by atoms with E-state index in [0.29, 0.717) is 17.8 Å². The minimum absolute atomic E-state index is 0.0162. The molecule has 0 saturated heterocycles. The van der Waals surface area contributed by atoms with Crippen LogP contribution in [0.2, 0.25) is 0 Å². The van der Waals surface area contributed by atoms with E-state index in [1.807, 2.05) is 45.2 Å². The topological polar surface area (TPSA) is 203 Å². The van der Waals surface area contributed by atoms with Gasteiger partial charge in [-0.25, -0.2) is 5.06 Å². The van der Waals surface area contributed by atoms with Crippen molar-refractivity contribution in [1.82, 2.24) is 10.4 Å². The Balaban J connectivity index is 3.58. The van der Waals surface area contributed by atoms with Gasteiger partial charge in [-0.15, -0.1) is 0 Å². The molecule has 0 saturated carbocycles. The molecule has 8 N–H and O–H groups in total. The summed E-state index contributed by atoms with van der Waals surface area (Å²) in [6.45, 7) is -2.89. The Morgan fingerprint density at radius 2 is 1.55 bits per heavy atom. The summed E-state index contributed by atoms with van der Waals surface area (Å²) in [6, 6.07) is 0. The molecule has 0 bridgehead atoms. The Morgan fingerprint density at radius 3 is 2.06 bits per heavy atom. The van der Waals surface area contributed by atoms with Gasteiger partial charge in [-0.3, -0.25) is 19.2 Å². The fraction of sp³-hybridized carbons (Fsp3) is 0.500. The minimum Gasteiger partial charge on any atom is -0.396 e. The maximum Gasteiger partial charge on any atom is 0.279 e. The van der Waals surface area contributed by atoms with Crippen LogP contribution in [0.5, 0.6) is 0 Å². The van der Waals surface area contributed by atoms with Gasteiger partial charge >= 0.3 is 0 Å². The zero-order valence-electron chi connectivity index (χ0n) is 17.1. The lowest BCUT2D eigenvalue weighted by Crippen LogP contribution is -2.42. The van der Waals surface area contributed by atoms with Crippen LogP contribution in [-0.2, 0) is 16.1 Å². The molecule has 0 aromatic heterocycles. The number of carbonyl (C=O) groups excluding carboxylic acids is 3. The fourth-order valence-electron chi connectivity index (χ4n) is 2.51. The normalized spacial score (nSPS) is 12.8. The van der Waals surface area contributed by atoms with E-state index in [1.165, 1.54) is 0 Å². The third-order valence-electron chi connectivity index (χ3n) is 4.10. The largest absolute Gasteiger partial charge is 0.396 e. The number of carbonyl (C=O) groups is 3. The number of hydroxylamine groups is 2. The molecule has 0 aliphatic carbocycles. The van der Waals surface area contributed by atoms with Gasteiger partial charge in [0.05, 0.1) is 43.1 Å². The first-order chi connectivity index (χ1) is 15.5. The second kappa shape index (κ2) is 14.9. The maximum absolute atomic E-state index is 13.4. The summed E-state index contributed by atoms with van der Waals surface area (Å²) in [6.07, 6.45) is -2.43. The van der Waals surface area contributed by atoms with Crippen LogP contribution in [0.1, 0.15) is 26.3 Å². The highest BCUT2D eigenvalue weighted by Gasteiger charge is 2.31. The summed E-state index contributed by atoms with van der Waals surface area (Å²) in [4.78, 5) is 42.6. The highest BCUT2D eigenvalue weighted by atomic mass is 127. The van der Waals surface area contributed by atoms with Gasteiger partial charge in [0, 0.05) is 23.9 Å². The zero-order valence-corrected chi connectivity index (χ0v) is 23.6. The van der Waals surface area contributed by atoms with Gasteiger partial charge in [0.1, 0.15) is 0 Å². The molecule has 0 radical (unpaired) electrons. The molecule has 186 valence electrons. The first-order valence-electron chi connectivity index (χ1n) is 9.39. The van der Waals surface area contributed by atoms with Crippen LogP contribution >= 0.6 is 67.8 Å². The lowest BCUT2D eigenvalue weighted by molar-refractivity contribution is -0.156. The van der Waals surface area contributed by atoms with Gasteiger partial charge in [-0.05, 0) is 79.8 Å². The first-order valence-corrected chi connectivity index (χ1v) is 12.6. The molecule has 0 aliphatic heterocycles. The third kappa shape index (κ3) is 8.63. The molecule has 0 fully saturated rings. The van der Waals surface area contributed by atoms with Crippen molar-refractivity contribution in [2.75, 3.05) is 39.5 Å². The Kier molecular flexibility index (Phi) is 13.8. The summed E-state index contributed by atoms with van der Waals surface area (Å²) in [5.41, 5.74) is 5.71. The van der Waals surface area contributed by atoms with Crippen LogP contribution in [0.3, 0.4) is 0 Å². The number of rotatable bonds is 13. The average molecular weight is 807 g/mol. The van der Waals surface area contributed by atoms with Gasteiger partial charge in [0.2, 0.25) is 5.91 Å². The summed E-state index contributed by atoms with van der Waals surface area (Å²) in [5.74, 6) is -2.31. The molecular formula is C18H24I3N3O9. The van der Waals surface area contributed by atoms with Crippen molar-refractivity contribution in [3.8, 4) is 0 Å². The smallest absolute Gasteiger partial charge is 0.279 e. The summed E-state index contributed by atoms with van der Waals surface area (Å²) < 4.78 is 1.11. The summed E-state index contributed by atoms with van der Waals surface area (Å²) in [5, 5.41) is 50.1. The lowest BCUT2D eigenvalue weighted by atomic mass is 10.0. The average Bonchev–Trinajstić information content (AvgIpc) is 2.77. The molecule has 2 unspecified atom stereocenters. The van der Waals surface area contributed by atoms with Crippen molar-refractivity contribution < 1.29 is 44.8 Å². The molecule has 12 nitrogen and oxygen atoms in total. The van der Waals surface area contributed by atoms with E-state index in [4.69, 9.17) is 20.8 Å². The maximum atomic E-state index is 13.4. The number of aliphatic hydroxyl groups excluding tert-OH is 5. The van der Waals surface area contributed by atoms with Crippen LogP contribution in [0.15, 0.2) is 0 Å². The SMILES string of the molecule is NC(=O)CON(CC(O)CO)C(=O)c1c(I)c(CCO)c(I)c(C(=O)NCC(O)CO)c1I. The molecule has 2 atom stereocenters. The number of aliphatic hydroxyl groups is 5. The monoisotopic (exact) mass is 807 g/mol. The number of nitrogens with two attached hydrogens (primary N) is 1. The lowest BCUT2D eigenvalue weighted by Gasteiger charge is -2.26. The van der Waals surface area contributed by atoms with Crippen LogP contribution in [0.25, 0.3) is 0 Å². The number of hydrogen-bond donors (Lipinski definition) is 7. The van der Waals surface area contributed by atoms with Crippen molar-refractivity contribution in [2.45, 2.75) is 18.6 Å². The van der Waals surface area contributed by atoms with Gasteiger partial charge in [0.15, 0.2) is 6.61 Å². The zero-order chi connectivity index (χ0) is 25.3. The fourth-order valence-corrected chi connectivity index (χ4v) is 7.16. The van der Waals surface area contributed by atoms with E-state index in [-0.39, 0.29) is 34.3 Å². The van der Waals surface area contributed by atoms with Crippen molar-refractivity contribution in [2.24, 2.45) is 5.73 Å². The molecule has 15 heteroatoms. The Bertz CT molecular complexity index is 873.